The quantitative estimate of drug-likeness (QED) is 0.725. The molecule has 1 aliphatic rings. The molecule has 3 aromatic rings. The van der Waals surface area contributed by atoms with Crippen molar-refractivity contribution in [3.63, 3.8) is 0 Å². The molecule has 0 N–H and O–H groups in total. The molecule has 0 fully saturated rings. The van der Waals surface area contributed by atoms with Crippen LogP contribution in [-0.2, 0) is 23.5 Å². The van der Waals surface area contributed by atoms with E-state index in [2.05, 4.69) is 6.07 Å². The van der Waals surface area contributed by atoms with Gasteiger partial charge in [-0.2, -0.15) is 0 Å². The Bertz CT molecular complexity index is 1000. The largest absolute Gasteiger partial charge is 0.330 e. The highest BCUT2D eigenvalue weighted by Gasteiger charge is 2.34. The summed E-state index contributed by atoms with van der Waals surface area (Å²) in [5, 5.41) is 1.15. The molecule has 0 amide bonds. The summed E-state index contributed by atoms with van der Waals surface area (Å²) in [7, 11) is -1.59. The van der Waals surface area contributed by atoms with E-state index in [9.17, 15) is 8.42 Å². The summed E-state index contributed by atoms with van der Waals surface area (Å²) in [4.78, 5) is 0.348. The van der Waals surface area contributed by atoms with E-state index in [4.69, 9.17) is 0 Å². The topological polar surface area (TPSA) is 42.3 Å². The van der Waals surface area contributed by atoms with Gasteiger partial charge in [0.15, 0.2) is 0 Å². The molecule has 23 heavy (non-hydrogen) atoms. The lowest BCUT2D eigenvalue weighted by atomic mass is 10.1. The number of rotatable bonds is 2. The van der Waals surface area contributed by atoms with Crippen molar-refractivity contribution in [3.05, 3.63) is 59.7 Å². The van der Waals surface area contributed by atoms with Crippen LogP contribution in [-0.4, -0.2) is 19.5 Å². The van der Waals surface area contributed by atoms with Gasteiger partial charge in [-0.15, -0.1) is 0 Å². The minimum atomic E-state index is -3.53. The first kappa shape index (κ1) is 14.3. The summed E-state index contributed by atoms with van der Waals surface area (Å²) in [6, 6.07) is 15.1. The van der Waals surface area contributed by atoms with Crippen LogP contribution >= 0.6 is 0 Å². The second-order valence-electron chi connectivity index (χ2n) is 6.02. The first-order valence-electron chi connectivity index (χ1n) is 7.66. The molecule has 0 atom stereocenters. The molecule has 1 aliphatic heterocycles. The van der Waals surface area contributed by atoms with Crippen molar-refractivity contribution in [1.29, 1.82) is 0 Å². The average molecular weight is 326 g/mol. The van der Waals surface area contributed by atoms with Crippen molar-refractivity contribution in [1.82, 2.24) is 4.57 Å². The highest BCUT2D eigenvalue weighted by Crippen LogP contribution is 2.39. The highest BCUT2D eigenvalue weighted by molar-refractivity contribution is 7.92. The van der Waals surface area contributed by atoms with Gasteiger partial charge in [0.05, 0.1) is 4.90 Å². The average Bonchev–Trinajstić information content (AvgIpc) is 3.09. The number of anilines is 1. The summed E-state index contributed by atoms with van der Waals surface area (Å²) in [6.45, 7) is 2.45. The van der Waals surface area contributed by atoms with Crippen LogP contribution in [0.2, 0.25) is 0 Å². The van der Waals surface area contributed by atoms with E-state index in [1.807, 2.05) is 48.9 Å². The number of aromatic nitrogens is 1. The third kappa shape index (κ3) is 2.00. The Morgan fingerprint density at radius 3 is 2.43 bits per heavy atom. The van der Waals surface area contributed by atoms with Crippen molar-refractivity contribution in [2.45, 2.75) is 18.2 Å². The Morgan fingerprint density at radius 2 is 1.70 bits per heavy atom. The first-order valence-corrected chi connectivity index (χ1v) is 9.10. The first-order chi connectivity index (χ1) is 11.0. The predicted octanol–water partition coefficient (Wildman–Crippen LogP) is 3.24. The fourth-order valence-electron chi connectivity index (χ4n) is 3.41. The maximum Gasteiger partial charge on any atom is 0.265 e. The Kier molecular flexibility index (Phi) is 3.03. The number of benzene rings is 2. The van der Waals surface area contributed by atoms with Gasteiger partial charge >= 0.3 is 0 Å². The number of sulfonamides is 1. The van der Waals surface area contributed by atoms with Crippen LogP contribution in [0, 0.1) is 6.92 Å². The van der Waals surface area contributed by atoms with Crippen LogP contribution in [0.25, 0.3) is 10.9 Å². The zero-order valence-corrected chi connectivity index (χ0v) is 14.0. The molecule has 4 rings (SSSR count). The molecule has 0 unspecified atom stereocenters. The maximum absolute atomic E-state index is 13.1. The SMILES string of the molecule is Cc1ccc(S(=O)(=O)N2CCc3c2n(C)c2ccccc32)cc1. The molecule has 4 nitrogen and oxygen atoms in total. The van der Waals surface area contributed by atoms with E-state index >= 15 is 0 Å². The van der Waals surface area contributed by atoms with E-state index in [1.54, 1.807) is 16.4 Å². The minimum absolute atomic E-state index is 0.348. The van der Waals surface area contributed by atoms with E-state index in [0.29, 0.717) is 11.4 Å². The number of aryl methyl sites for hydroxylation is 2. The summed E-state index contributed by atoms with van der Waals surface area (Å²) in [5.74, 6) is 0.798. The van der Waals surface area contributed by atoms with Crippen molar-refractivity contribution in [2.24, 2.45) is 7.05 Å². The number of hydrogen-bond acceptors (Lipinski definition) is 2. The third-order valence-corrected chi connectivity index (χ3v) is 6.39. The molecule has 118 valence electrons. The van der Waals surface area contributed by atoms with Crippen LogP contribution in [0.3, 0.4) is 0 Å². The zero-order chi connectivity index (χ0) is 16.2. The monoisotopic (exact) mass is 326 g/mol. The van der Waals surface area contributed by atoms with Gasteiger partial charge in [-0.05, 0) is 31.5 Å². The van der Waals surface area contributed by atoms with E-state index in [0.717, 1.165) is 34.3 Å². The molecule has 0 bridgehead atoms. The van der Waals surface area contributed by atoms with Gasteiger partial charge in [0.25, 0.3) is 10.0 Å². The Labute approximate surface area is 136 Å². The molecule has 0 saturated heterocycles. The summed E-state index contributed by atoms with van der Waals surface area (Å²) in [5.41, 5.74) is 3.25. The number of nitrogens with zero attached hydrogens (tertiary/aromatic N) is 2. The number of fused-ring (bicyclic) bond motifs is 3. The Hall–Kier alpha value is -2.27. The number of para-hydroxylation sites is 1. The van der Waals surface area contributed by atoms with Gasteiger partial charge in [-0.1, -0.05) is 35.9 Å². The molecule has 0 spiro atoms. The maximum atomic E-state index is 13.1. The fourth-order valence-corrected chi connectivity index (χ4v) is 4.94. The molecule has 1 aromatic heterocycles. The smallest absolute Gasteiger partial charge is 0.265 e. The van der Waals surface area contributed by atoms with Crippen molar-refractivity contribution >= 4 is 26.7 Å². The van der Waals surface area contributed by atoms with E-state index < -0.39 is 10.0 Å². The van der Waals surface area contributed by atoms with Gasteiger partial charge < -0.3 is 4.57 Å². The summed E-state index contributed by atoms with van der Waals surface area (Å²) in [6.07, 6.45) is 0.752. The van der Waals surface area contributed by atoms with Crippen molar-refractivity contribution in [3.8, 4) is 0 Å². The van der Waals surface area contributed by atoms with Crippen LogP contribution < -0.4 is 4.31 Å². The lowest BCUT2D eigenvalue weighted by Crippen LogP contribution is -2.30. The highest BCUT2D eigenvalue weighted by atomic mass is 32.2. The molecular weight excluding hydrogens is 308 g/mol. The van der Waals surface area contributed by atoms with E-state index in [-0.39, 0.29) is 0 Å². The predicted molar refractivity (Wildman–Crippen MR) is 92.3 cm³/mol. The minimum Gasteiger partial charge on any atom is -0.330 e. The molecule has 0 aliphatic carbocycles. The summed E-state index contributed by atoms with van der Waals surface area (Å²) < 4.78 is 29.6. The van der Waals surface area contributed by atoms with Crippen LogP contribution in [0.15, 0.2) is 53.4 Å². The normalized spacial score (nSPS) is 14.4. The van der Waals surface area contributed by atoms with Crippen molar-refractivity contribution < 1.29 is 8.42 Å². The molecule has 0 saturated carbocycles. The van der Waals surface area contributed by atoms with Gasteiger partial charge in [-0.25, -0.2) is 8.42 Å². The molecule has 2 aromatic carbocycles. The third-order valence-electron chi connectivity index (χ3n) is 4.59. The summed E-state index contributed by atoms with van der Waals surface area (Å²) >= 11 is 0. The van der Waals surface area contributed by atoms with Crippen molar-refractivity contribution in [2.75, 3.05) is 10.8 Å². The second-order valence-corrected chi connectivity index (χ2v) is 7.88. The van der Waals surface area contributed by atoms with Crippen LogP contribution in [0.1, 0.15) is 11.1 Å². The second kappa shape index (κ2) is 4.86. The van der Waals surface area contributed by atoms with Gasteiger partial charge in [-0.3, -0.25) is 4.31 Å². The molecular formula is C18H18N2O2S. The van der Waals surface area contributed by atoms with Crippen LogP contribution in [0.4, 0.5) is 5.82 Å². The van der Waals surface area contributed by atoms with Crippen LogP contribution in [0.5, 0.6) is 0 Å². The molecule has 5 heteroatoms. The van der Waals surface area contributed by atoms with Gasteiger partial charge in [0.1, 0.15) is 5.82 Å². The van der Waals surface area contributed by atoms with Gasteiger partial charge in [0.2, 0.25) is 0 Å². The van der Waals surface area contributed by atoms with Gasteiger partial charge in [0, 0.05) is 30.1 Å². The lowest BCUT2D eigenvalue weighted by molar-refractivity contribution is 0.591. The zero-order valence-electron chi connectivity index (χ0n) is 13.2. The number of hydrogen-bond donors (Lipinski definition) is 0. The molecule has 0 radical (unpaired) electrons. The lowest BCUT2D eigenvalue weighted by Gasteiger charge is -2.20. The fraction of sp³-hybridized carbons (Fsp3) is 0.222. The Balaban J connectivity index is 1.89. The molecule has 2 heterocycles. The van der Waals surface area contributed by atoms with E-state index in [1.165, 1.54) is 0 Å². The standard InChI is InChI=1S/C18H18N2O2S/c1-13-7-9-14(10-8-13)23(21,22)20-12-11-16-15-5-3-4-6-17(15)19(2)18(16)20/h3-10H,11-12H2,1-2H3. The Morgan fingerprint density at radius 1 is 1.00 bits per heavy atom.